The third kappa shape index (κ3) is 2.05. The Bertz CT molecular complexity index is 409. The number of hydrogen-bond donors (Lipinski definition) is 1. The molecule has 5 nitrogen and oxygen atoms in total. The van der Waals surface area contributed by atoms with Gasteiger partial charge in [-0.05, 0) is 15.9 Å². The summed E-state index contributed by atoms with van der Waals surface area (Å²) in [6, 6.07) is 1.94. The highest BCUT2D eigenvalue weighted by Crippen LogP contribution is 2.24. The molecule has 1 heterocycles. The molecule has 74 valence electrons. The number of alkyl halides is 1. The quantitative estimate of drug-likeness (QED) is 0.827. The average Bonchev–Trinajstić information content (AvgIpc) is 2.42. The molecule has 0 aliphatic rings. The van der Waals surface area contributed by atoms with Crippen LogP contribution in [0.25, 0.3) is 0 Å². The van der Waals surface area contributed by atoms with E-state index in [1.807, 2.05) is 6.07 Å². The van der Waals surface area contributed by atoms with Gasteiger partial charge in [-0.15, -0.1) is 11.6 Å². The van der Waals surface area contributed by atoms with Gasteiger partial charge in [0.25, 0.3) is 0 Å². The maximum Gasteiger partial charge on any atom is 0.240 e. The Hall–Kier alpha value is -1.06. The van der Waals surface area contributed by atoms with E-state index in [1.54, 1.807) is 7.05 Å². The third-order valence-electron chi connectivity index (χ3n) is 1.47. The third-order valence-corrected chi connectivity index (χ3v) is 2.47. The predicted octanol–water partition coefficient (Wildman–Crippen LogP) is 1.23. The van der Waals surface area contributed by atoms with Crippen molar-refractivity contribution in [2.24, 2.45) is 7.05 Å². The largest absolute Gasteiger partial charge is 0.307 e. The lowest BCUT2D eigenvalue weighted by Gasteiger charge is -1.96. The SMILES string of the molecule is Cn1nc(NC(=O)CCl)c(Br)c1C#N. The number of carbonyl (C=O) groups excluding carboxylic acids is 1. The molecule has 1 amide bonds. The van der Waals surface area contributed by atoms with Gasteiger partial charge in [0.1, 0.15) is 11.9 Å². The summed E-state index contributed by atoms with van der Waals surface area (Å²) in [6.07, 6.45) is 0. The topological polar surface area (TPSA) is 70.7 Å². The number of nitrogens with one attached hydrogen (secondary N) is 1. The Morgan fingerprint density at radius 1 is 1.86 bits per heavy atom. The van der Waals surface area contributed by atoms with E-state index in [-0.39, 0.29) is 11.8 Å². The minimum absolute atomic E-state index is 0.148. The van der Waals surface area contributed by atoms with Crippen LogP contribution in [0.3, 0.4) is 0 Å². The Balaban J connectivity index is 3.01. The molecule has 1 rings (SSSR count). The van der Waals surface area contributed by atoms with Crippen LogP contribution in [0.4, 0.5) is 5.82 Å². The first-order valence-corrected chi connectivity index (χ1v) is 4.91. The zero-order valence-electron chi connectivity index (χ0n) is 7.21. The molecule has 0 bridgehead atoms. The van der Waals surface area contributed by atoms with Gasteiger partial charge >= 0.3 is 0 Å². The van der Waals surface area contributed by atoms with Gasteiger partial charge < -0.3 is 5.32 Å². The highest BCUT2D eigenvalue weighted by Gasteiger charge is 2.14. The number of halogens is 2. The molecule has 0 aromatic carbocycles. The Morgan fingerprint density at radius 2 is 2.50 bits per heavy atom. The van der Waals surface area contributed by atoms with Crippen molar-refractivity contribution in [2.45, 2.75) is 0 Å². The molecule has 0 spiro atoms. The Morgan fingerprint density at radius 3 is 2.93 bits per heavy atom. The molecule has 1 aromatic rings. The molecule has 0 aliphatic carbocycles. The molecule has 0 aliphatic heterocycles. The van der Waals surface area contributed by atoms with Crippen molar-refractivity contribution in [1.82, 2.24) is 9.78 Å². The Kier molecular flexibility index (Phi) is 3.49. The van der Waals surface area contributed by atoms with E-state index in [9.17, 15) is 4.79 Å². The van der Waals surface area contributed by atoms with Crippen molar-refractivity contribution in [3.05, 3.63) is 10.2 Å². The lowest BCUT2D eigenvalue weighted by Crippen LogP contribution is -2.13. The number of amides is 1. The van der Waals surface area contributed by atoms with E-state index in [1.165, 1.54) is 4.68 Å². The van der Waals surface area contributed by atoms with Gasteiger partial charge in [-0.1, -0.05) is 0 Å². The van der Waals surface area contributed by atoms with Crippen LogP contribution in [0.15, 0.2) is 4.47 Å². The second-order valence-corrected chi connectivity index (χ2v) is 3.49. The number of hydrogen-bond acceptors (Lipinski definition) is 3. The van der Waals surface area contributed by atoms with Gasteiger partial charge in [-0.25, -0.2) is 0 Å². The highest BCUT2D eigenvalue weighted by molar-refractivity contribution is 9.10. The fourth-order valence-corrected chi connectivity index (χ4v) is 1.46. The van der Waals surface area contributed by atoms with Crippen LogP contribution in [0.5, 0.6) is 0 Å². The standard InChI is InChI=1S/C7H6BrClN4O/c1-13-4(3-10)6(8)7(12-13)11-5(14)2-9/h2H2,1H3,(H,11,12,14). The summed E-state index contributed by atoms with van der Waals surface area (Å²) in [5.41, 5.74) is 0.342. The lowest BCUT2D eigenvalue weighted by atomic mass is 10.4. The molecule has 14 heavy (non-hydrogen) atoms. The smallest absolute Gasteiger partial charge is 0.240 e. The van der Waals surface area contributed by atoms with Crippen molar-refractivity contribution in [3.63, 3.8) is 0 Å². The summed E-state index contributed by atoms with van der Waals surface area (Å²) in [4.78, 5) is 10.9. The minimum Gasteiger partial charge on any atom is -0.307 e. The first-order valence-electron chi connectivity index (χ1n) is 3.58. The minimum atomic E-state index is -0.366. The number of nitriles is 1. The van der Waals surface area contributed by atoms with E-state index >= 15 is 0 Å². The van der Waals surface area contributed by atoms with E-state index in [0.717, 1.165) is 0 Å². The summed E-state index contributed by atoms with van der Waals surface area (Å²) in [7, 11) is 1.61. The molecule has 0 fully saturated rings. The van der Waals surface area contributed by atoms with Gasteiger partial charge in [-0.2, -0.15) is 10.4 Å². The molecular formula is C7H6BrClN4O. The van der Waals surface area contributed by atoms with Crippen molar-refractivity contribution < 1.29 is 4.79 Å². The van der Waals surface area contributed by atoms with E-state index in [0.29, 0.717) is 16.0 Å². The van der Waals surface area contributed by atoms with Crippen LogP contribution >= 0.6 is 27.5 Å². The maximum absolute atomic E-state index is 10.9. The van der Waals surface area contributed by atoms with Gasteiger partial charge in [0.15, 0.2) is 11.5 Å². The average molecular weight is 278 g/mol. The first kappa shape index (κ1) is 11.0. The van der Waals surface area contributed by atoms with Crippen LogP contribution < -0.4 is 5.32 Å². The molecule has 0 radical (unpaired) electrons. The molecule has 0 unspecified atom stereocenters. The summed E-state index contributed by atoms with van der Waals surface area (Å²) in [5.74, 6) is -0.213. The molecule has 0 saturated carbocycles. The summed E-state index contributed by atoms with van der Waals surface area (Å²) in [5, 5.41) is 15.1. The Labute approximate surface area is 93.8 Å². The summed E-state index contributed by atoms with van der Waals surface area (Å²) >= 11 is 8.46. The molecule has 0 atom stereocenters. The van der Waals surface area contributed by atoms with Crippen LogP contribution in [0.2, 0.25) is 0 Å². The second-order valence-electron chi connectivity index (χ2n) is 2.43. The second kappa shape index (κ2) is 4.44. The van der Waals surface area contributed by atoms with E-state index in [4.69, 9.17) is 16.9 Å². The summed E-state index contributed by atoms with van der Waals surface area (Å²) < 4.78 is 1.83. The highest BCUT2D eigenvalue weighted by atomic mass is 79.9. The molecule has 0 saturated heterocycles. The van der Waals surface area contributed by atoms with Crippen molar-refractivity contribution in [3.8, 4) is 6.07 Å². The fraction of sp³-hybridized carbons (Fsp3) is 0.286. The van der Waals surface area contributed by atoms with Crippen molar-refractivity contribution in [1.29, 1.82) is 5.26 Å². The van der Waals surface area contributed by atoms with Gasteiger partial charge in [-0.3, -0.25) is 9.48 Å². The van der Waals surface area contributed by atoms with E-state index in [2.05, 4.69) is 26.3 Å². The maximum atomic E-state index is 10.9. The van der Waals surface area contributed by atoms with Crippen LogP contribution in [0.1, 0.15) is 5.69 Å². The lowest BCUT2D eigenvalue weighted by molar-refractivity contribution is -0.113. The number of anilines is 1. The van der Waals surface area contributed by atoms with Crippen molar-refractivity contribution >= 4 is 39.3 Å². The van der Waals surface area contributed by atoms with E-state index < -0.39 is 0 Å². The zero-order valence-corrected chi connectivity index (χ0v) is 9.55. The zero-order chi connectivity index (χ0) is 10.7. The van der Waals surface area contributed by atoms with Gasteiger partial charge in [0.05, 0.1) is 4.47 Å². The summed E-state index contributed by atoms with van der Waals surface area (Å²) in [6.45, 7) is 0. The van der Waals surface area contributed by atoms with Crippen molar-refractivity contribution in [2.75, 3.05) is 11.2 Å². The van der Waals surface area contributed by atoms with Crippen LogP contribution in [-0.4, -0.2) is 21.6 Å². The fourth-order valence-electron chi connectivity index (χ4n) is 0.865. The number of carbonyl (C=O) groups is 1. The number of aromatic nitrogens is 2. The van der Waals surface area contributed by atoms with Gasteiger partial charge in [0.2, 0.25) is 5.91 Å². The molecule has 7 heteroatoms. The van der Waals surface area contributed by atoms with Crippen LogP contribution in [0, 0.1) is 11.3 Å². The number of aryl methyl sites for hydroxylation is 1. The van der Waals surface area contributed by atoms with Gasteiger partial charge in [0, 0.05) is 7.05 Å². The predicted molar refractivity (Wildman–Crippen MR) is 55.0 cm³/mol. The molecule has 1 N–H and O–H groups in total. The normalized spacial score (nSPS) is 9.57. The molecule has 1 aromatic heterocycles. The number of nitrogens with zero attached hydrogens (tertiary/aromatic N) is 3. The monoisotopic (exact) mass is 276 g/mol. The van der Waals surface area contributed by atoms with Crippen LogP contribution in [-0.2, 0) is 11.8 Å². The molecular weight excluding hydrogens is 271 g/mol. The first-order chi connectivity index (χ1) is 6.60. The number of rotatable bonds is 2.